The summed E-state index contributed by atoms with van der Waals surface area (Å²) < 4.78 is 0. The fourth-order valence-corrected chi connectivity index (χ4v) is 2.04. The Labute approximate surface area is 112 Å². The molecule has 2 rings (SSSR count). The zero-order valence-corrected chi connectivity index (χ0v) is 10.5. The molecule has 0 heterocycles. The summed E-state index contributed by atoms with van der Waals surface area (Å²) in [6.45, 7) is 0. The highest BCUT2D eigenvalue weighted by Gasteiger charge is 2.15. The Morgan fingerprint density at radius 3 is 2.16 bits per heavy atom. The van der Waals surface area contributed by atoms with Gasteiger partial charge in [-0.05, 0) is 30.5 Å². The molecule has 2 N–H and O–H groups in total. The summed E-state index contributed by atoms with van der Waals surface area (Å²) in [4.78, 5) is 12.0. The second-order valence-corrected chi connectivity index (χ2v) is 4.43. The maximum atomic E-state index is 12.0. The second-order valence-electron chi connectivity index (χ2n) is 4.43. The maximum Gasteiger partial charge on any atom is 0.170 e. The Kier molecular flexibility index (Phi) is 4.18. The predicted octanol–water partition coefficient (Wildman–Crippen LogP) is 3.30. The first-order valence-electron chi connectivity index (χ1n) is 6.26. The van der Waals surface area contributed by atoms with Crippen LogP contribution in [0.3, 0.4) is 0 Å². The first-order chi connectivity index (χ1) is 9.18. The van der Waals surface area contributed by atoms with Crippen molar-refractivity contribution in [2.45, 2.75) is 19.3 Å². The SMILES string of the molecule is O=C(CCCc1ccccc1)c1c(O)cccc1O. The van der Waals surface area contributed by atoms with E-state index in [4.69, 9.17) is 0 Å². The molecule has 98 valence electrons. The van der Waals surface area contributed by atoms with Gasteiger partial charge < -0.3 is 10.2 Å². The van der Waals surface area contributed by atoms with Gasteiger partial charge in [0.15, 0.2) is 5.78 Å². The lowest BCUT2D eigenvalue weighted by molar-refractivity contribution is 0.0975. The molecular formula is C16H16O3. The Balaban J connectivity index is 1.95. The molecule has 0 aliphatic heterocycles. The van der Waals surface area contributed by atoms with E-state index >= 15 is 0 Å². The molecule has 0 atom stereocenters. The van der Waals surface area contributed by atoms with Gasteiger partial charge in [0.2, 0.25) is 0 Å². The summed E-state index contributed by atoms with van der Waals surface area (Å²) in [6.07, 6.45) is 1.80. The van der Waals surface area contributed by atoms with Gasteiger partial charge in [0.05, 0.1) is 0 Å². The van der Waals surface area contributed by atoms with Crippen molar-refractivity contribution in [2.24, 2.45) is 0 Å². The Hall–Kier alpha value is -2.29. The van der Waals surface area contributed by atoms with Crippen LogP contribution in [0.15, 0.2) is 48.5 Å². The van der Waals surface area contributed by atoms with Crippen molar-refractivity contribution < 1.29 is 15.0 Å². The largest absolute Gasteiger partial charge is 0.507 e. The van der Waals surface area contributed by atoms with Gasteiger partial charge in [-0.3, -0.25) is 4.79 Å². The van der Waals surface area contributed by atoms with Gasteiger partial charge in [-0.15, -0.1) is 0 Å². The highest BCUT2D eigenvalue weighted by molar-refractivity contribution is 6.01. The van der Waals surface area contributed by atoms with E-state index in [2.05, 4.69) is 0 Å². The highest BCUT2D eigenvalue weighted by atomic mass is 16.3. The molecule has 3 heteroatoms. The molecule has 0 bridgehead atoms. The number of carbonyl (C=O) groups is 1. The number of ketones is 1. The smallest absolute Gasteiger partial charge is 0.170 e. The molecule has 0 fully saturated rings. The minimum atomic E-state index is -0.230. The van der Waals surface area contributed by atoms with Crippen molar-refractivity contribution in [1.82, 2.24) is 0 Å². The van der Waals surface area contributed by atoms with E-state index in [9.17, 15) is 15.0 Å². The number of aryl methyl sites for hydroxylation is 1. The highest BCUT2D eigenvalue weighted by Crippen LogP contribution is 2.28. The topological polar surface area (TPSA) is 57.5 Å². The van der Waals surface area contributed by atoms with Gasteiger partial charge in [0.25, 0.3) is 0 Å². The lowest BCUT2D eigenvalue weighted by Gasteiger charge is -2.06. The number of hydrogen-bond donors (Lipinski definition) is 2. The van der Waals surface area contributed by atoms with Gasteiger partial charge in [-0.2, -0.15) is 0 Å². The van der Waals surface area contributed by atoms with E-state index in [-0.39, 0.29) is 22.8 Å². The average Bonchev–Trinajstić information content (AvgIpc) is 2.40. The van der Waals surface area contributed by atoms with E-state index in [1.54, 1.807) is 0 Å². The minimum Gasteiger partial charge on any atom is -0.507 e. The Bertz CT molecular complexity index is 541. The first-order valence-corrected chi connectivity index (χ1v) is 6.26. The summed E-state index contributed by atoms with van der Waals surface area (Å²) in [6, 6.07) is 14.2. The molecule has 0 aliphatic rings. The molecule has 0 amide bonds. The normalized spacial score (nSPS) is 10.3. The number of hydrogen-bond acceptors (Lipinski definition) is 3. The Morgan fingerprint density at radius 2 is 1.53 bits per heavy atom. The third-order valence-electron chi connectivity index (χ3n) is 3.01. The van der Waals surface area contributed by atoms with Crippen molar-refractivity contribution >= 4 is 5.78 Å². The van der Waals surface area contributed by atoms with E-state index < -0.39 is 0 Å². The molecule has 0 aromatic heterocycles. The van der Waals surface area contributed by atoms with Gasteiger partial charge in [0, 0.05) is 6.42 Å². The fourth-order valence-electron chi connectivity index (χ4n) is 2.04. The third-order valence-corrected chi connectivity index (χ3v) is 3.01. The molecule has 0 saturated heterocycles. The molecule has 2 aromatic rings. The van der Waals surface area contributed by atoms with Gasteiger partial charge in [-0.1, -0.05) is 36.4 Å². The van der Waals surface area contributed by atoms with Crippen LogP contribution >= 0.6 is 0 Å². The number of rotatable bonds is 5. The zero-order chi connectivity index (χ0) is 13.7. The van der Waals surface area contributed by atoms with Crippen LogP contribution < -0.4 is 0 Å². The molecule has 0 unspecified atom stereocenters. The number of benzene rings is 2. The number of Topliss-reactive ketones (excluding diaryl/α,β-unsaturated/α-hetero) is 1. The minimum absolute atomic E-state index is 0.0237. The maximum absolute atomic E-state index is 12.0. The monoisotopic (exact) mass is 256 g/mol. The standard InChI is InChI=1S/C16H16O3/c17-13(16-14(18)10-5-11-15(16)19)9-4-8-12-6-2-1-3-7-12/h1-3,5-7,10-11,18-19H,4,8-9H2. The average molecular weight is 256 g/mol. The molecule has 3 nitrogen and oxygen atoms in total. The molecule has 0 spiro atoms. The van der Waals surface area contributed by atoms with Crippen molar-refractivity contribution in [2.75, 3.05) is 0 Å². The van der Waals surface area contributed by atoms with Gasteiger partial charge >= 0.3 is 0 Å². The van der Waals surface area contributed by atoms with Crippen molar-refractivity contribution in [1.29, 1.82) is 0 Å². The summed E-state index contributed by atoms with van der Waals surface area (Å²) in [5.74, 6) is -0.555. The second kappa shape index (κ2) is 6.05. The van der Waals surface area contributed by atoms with Crippen LogP contribution in [0.25, 0.3) is 0 Å². The molecule has 0 aliphatic carbocycles. The predicted molar refractivity (Wildman–Crippen MR) is 73.5 cm³/mol. The molecule has 19 heavy (non-hydrogen) atoms. The summed E-state index contributed by atoms with van der Waals surface area (Å²) >= 11 is 0. The quantitative estimate of drug-likeness (QED) is 0.807. The van der Waals surface area contributed by atoms with E-state index in [0.717, 1.165) is 6.42 Å². The number of phenols is 2. The van der Waals surface area contributed by atoms with Crippen molar-refractivity contribution in [3.8, 4) is 11.5 Å². The first kappa shape index (κ1) is 13.1. The van der Waals surface area contributed by atoms with Crippen LogP contribution in [-0.2, 0) is 6.42 Å². The zero-order valence-electron chi connectivity index (χ0n) is 10.5. The van der Waals surface area contributed by atoms with Crippen molar-refractivity contribution in [3.63, 3.8) is 0 Å². The van der Waals surface area contributed by atoms with E-state index in [0.29, 0.717) is 12.8 Å². The lowest BCUT2D eigenvalue weighted by atomic mass is 10.0. The van der Waals surface area contributed by atoms with Gasteiger partial charge in [-0.25, -0.2) is 0 Å². The molecule has 2 aromatic carbocycles. The van der Waals surface area contributed by atoms with Crippen LogP contribution in [0.1, 0.15) is 28.8 Å². The van der Waals surface area contributed by atoms with Crippen LogP contribution in [-0.4, -0.2) is 16.0 Å². The summed E-state index contributed by atoms with van der Waals surface area (Å²) in [7, 11) is 0. The Morgan fingerprint density at radius 1 is 0.895 bits per heavy atom. The van der Waals surface area contributed by atoms with Crippen LogP contribution in [0.2, 0.25) is 0 Å². The molecule has 0 radical (unpaired) electrons. The fraction of sp³-hybridized carbons (Fsp3) is 0.188. The third kappa shape index (κ3) is 3.35. The van der Waals surface area contributed by atoms with E-state index in [1.807, 2.05) is 30.3 Å². The van der Waals surface area contributed by atoms with Crippen LogP contribution in [0.4, 0.5) is 0 Å². The molecule has 0 saturated carbocycles. The van der Waals surface area contributed by atoms with Crippen LogP contribution in [0.5, 0.6) is 11.5 Å². The number of aromatic hydroxyl groups is 2. The lowest BCUT2D eigenvalue weighted by Crippen LogP contribution is -2.01. The summed E-state index contributed by atoms with van der Waals surface area (Å²) in [5.41, 5.74) is 1.20. The number of carbonyl (C=O) groups excluding carboxylic acids is 1. The summed E-state index contributed by atoms with van der Waals surface area (Å²) in [5, 5.41) is 19.2. The van der Waals surface area contributed by atoms with Crippen LogP contribution in [0, 0.1) is 0 Å². The molecular weight excluding hydrogens is 240 g/mol. The van der Waals surface area contributed by atoms with Gasteiger partial charge in [0.1, 0.15) is 17.1 Å². The van der Waals surface area contributed by atoms with Crippen molar-refractivity contribution in [3.05, 3.63) is 59.7 Å². The number of phenolic OH excluding ortho intramolecular Hbond substituents is 2. The van der Waals surface area contributed by atoms with E-state index in [1.165, 1.54) is 23.8 Å².